The zero-order valence-electron chi connectivity index (χ0n) is 10.6. The van der Waals surface area contributed by atoms with Crippen molar-refractivity contribution in [2.75, 3.05) is 6.61 Å². The van der Waals surface area contributed by atoms with Gasteiger partial charge in [0.05, 0.1) is 19.1 Å². The van der Waals surface area contributed by atoms with Crippen LogP contribution in [0, 0.1) is 0 Å². The van der Waals surface area contributed by atoms with E-state index in [2.05, 4.69) is 0 Å². The van der Waals surface area contributed by atoms with Crippen LogP contribution in [0.5, 0.6) is 0 Å². The molecule has 0 fully saturated rings. The van der Waals surface area contributed by atoms with Crippen molar-refractivity contribution >= 4 is 23.2 Å². The van der Waals surface area contributed by atoms with Gasteiger partial charge in [0.15, 0.2) is 0 Å². The minimum Gasteiger partial charge on any atom is -0.466 e. The maximum Gasteiger partial charge on any atom is 0.308 e. The maximum absolute atomic E-state index is 11.2. The summed E-state index contributed by atoms with van der Waals surface area (Å²) in [6.07, 6.45) is -2.63. The summed E-state index contributed by atoms with van der Waals surface area (Å²) in [5.74, 6) is -0.547. The Morgan fingerprint density at radius 1 is 1.37 bits per heavy atom. The summed E-state index contributed by atoms with van der Waals surface area (Å²) in [6, 6.07) is 6.51. The summed E-state index contributed by atoms with van der Waals surface area (Å²) >= 11 is 4.81. The fraction of sp³-hybridized carbons (Fsp3) is 0.385. The summed E-state index contributed by atoms with van der Waals surface area (Å²) in [5.41, 5.74) is 6.61. The van der Waals surface area contributed by atoms with Crippen LogP contribution >= 0.6 is 12.2 Å². The molecular weight excluding hydrogens is 266 g/mol. The predicted octanol–water partition coefficient (Wildman–Crippen LogP) is 0.668. The van der Waals surface area contributed by atoms with E-state index in [-0.39, 0.29) is 18.0 Å². The Bertz CT molecular complexity index is 446. The number of carbonyl (C=O) groups is 1. The molecule has 0 spiro atoms. The lowest BCUT2D eigenvalue weighted by Gasteiger charge is -2.17. The molecule has 0 saturated carbocycles. The summed E-state index contributed by atoms with van der Waals surface area (Å²) < 4.78 is 4.71. The van der Waals surface area contributed by atoms with E-state index in [1.54, 1.807) is 31.2 Å². The molecule has 104 valence electrons. The van der Waals surface area contributed by atoms with Gasteiger partial charge in [-0.3, -0.25) is 4.79 Å². The highest BCUT2D eigenvalue weighted by Crippen LogP contribution is 2.19. The number of carbonyl (C=O) groups excluding carboxylic acids is 1. The highest BCUT2D eigenvalue weighted by atomic mass is 32.1. The molecule has 6 heteroatoms. The van der Waals surface area contributed by atoms with Crippen LogP contribution in [-0.4, -0.2) is 33.9 Å². The second kappa shape index (κ2) is 7.18. The Balaban J connectivity index is 2.68. The zero-order valence-corrected chi connectivity index (χ0v) is 11.4. The molecule has 0 radical (unpaired) electrons. The molecule has 1 rings (SSSR count). The Kier molecular flexibility index (Phi) is 5.88. The fourth-order valence-electron chi connectivity index (χ4n) is 1.57. The van der Waals surface area contributed by atoms with E-state index in [0.717, 1.165) is 0 Å². The molecule has 0 bridgehead atoms. The number of aliphatic hydroxyl groups is 2. The minimum atomic E-state index is -1.21. The summed E-state index contributed by atoms with van der Waals surface area (Å²) in [5, 5.41) is 19.7. The average molecular weight is 283 g/mol. The van der Waals surface area contributed by atoms with E-state index in [1.165, 1.54) is 0 Å². The van der Waals surface area contributed by atoms with Crippen LogP contribution in [0.25, 0.3) is 0 Å². The first kappa shape index (κ1) is 15.6. The van der Waals surface area contributed by atoms with Crippen LogP contribution in [0.2, 0.25) is 0 Å². The van der Waals surface area contributed by atoms with Crippen molar-refractivity contribution in [2.24, 2.45) is 5.73 Å². The van der Waals surface area contributed by atoms with E-state index in [0.29, 0.717) is 11.1 Å². The molecule has 0 aliphatic rings. The average Bonchev–Trinajstić information content (AvgIpc) is 2.38. The number of thiocarbonyl (C=S) groups is 1. The molecule has 4 N–H and O–H groups in total. The van der Waals surface area contributed by atoms with Gasteiger partial charge < -0.3 is 20.7 Å². The molecule has 0 saturated heterocycles. The number of rotatable bonds is 6. The molecule has 2 unspecified atom stereocenters. The van der Waals surface area contributed by atoms with Crippen LogP contribution in [0.3, 0.4) is 0 Å². The van der Waals surface area contributed by atoms with E-state index in [9.17, 15) is 15.0 Å². The standard InChI is InChI=1S/C13H17NO4S/c1-2-18-11(16)7-10(15)12(17)8-3-5-9(6-4-8)13(14)19/h3-6,10,12,15,17H,2,7H2,1H3,(H2,14,19). The molecule has 0 aromatic heterocycles. The molecular formula is C13H17NO4S. The summed E-state index contributed by atoms with van der Waals surface area (Å²) in [4.78, 5) is 11.5. The van der Waals surface area contributed by atoms with Crippen LogP contribution < -0.4 is 5.73 Å². The van der Waals surface area contributed by atoms with Crippen molar-refractivity contribution in [2.45, 2.75) is 25.6 Å². The van der Waals surface area contributed by atoms with Gasteiger partial charge >= 0.3 is 5.97 Å². The van der Waals surface area contributed by atoms with Gasteiger partial charge in [0.1, 0.15) is 11.1 Å². The topological polar surface area (TPSA) is 92.8 Å². The molecule has 0 aliphatic carbocycles. The SMILES string of the molecule is CCOC(=O)CC(O)C(O)c1ccc(C(N)=S)cc1. The smallest absolute Gasteiger partial charge is 0.308 e. The lowest BCUT2D eigenvalue weighted by Crippen LogP contribution is -2.23. The third kappa shape index (κ3) is 4.59. The van der Waals surface area contributed by atoms with E-state index in [1.807, 2.05) is 0 Å². The number of hydrogen-bond donors (Lipinski definition) is 3. The third-order valence-electron chi connectivity index (χ3n) is 2.58. The number of benzene rings is 1. The van der Waals surface area contributed by atoms with Gasteiger partial charge in [-0.1, -0.05) is 36.5 Å². The van der Waals surface area contributed by atoms with Crippen LogP contribution in [0.15, 0.2) is 24.3 Å². The Labute approximate surface area is 117 Å². The second-order valence-electron chi connectivity index (χ2n) is 4.01. The monoisotopic (exact) mass is 283 g/mol. The van der Waals surface area contributed by atoms with Gasteiger partial charge in [0.2, 0.25) is 0 Å². The van der Waals surface area contributed by atoms with Gasteiger partial charge in [-0.2, -0.15) is 0 Å². The minimum absolute atomic E-state index is 0.240. The second-order valence-corrected chi connectivity index (χ2v) is 4.45. The molecule has 0 aliphatic heterocycles. The van der Waals surface area contributed by atoms with Crippen LogP contribution in [0.1, 0.15) is 30.6 Å². The molecule has 2 atom stereocenters. The van der Waals surface area contributed by atoms with Crippen LogP contribution in [0.4, 0.5) is 0 Å². The van der Waals surface area contributed by atoms with Crippen molar-refractivity contribution in [1.29, 1.82) is 0 Å². The van der Waals surface area contributed by atoms with Gasteiger partial charge in [-0.05, 0) is 12.5 Å². The van der Waals surface area contributed by atoms with E-state index < -0.39 is 18.2 Å². The fourth-order valence-corrected chi connectivity index (χ4v) is 1.71. The van der Waals surface area contributed by atoms with Crippen molar-refractivity contribution in [3.63, 3.8) is 0 Å². The largest absolute Gasteiger partial charge is 0.466 e. The highest BCUT2D eigenvalue weighted by molar-refractivity contribution is 7.80. The molecule has 1 aromatic rings. The lowest BCUT2D eigenvalue weighted by atomic mass is 10.0. The van der Waals surface area contributed by atoms with Gasteiger partial charge in [0.25, 0.3) is 0 Å². The lowest BCUT2D eigenvalue weighted by molar-refractivity contribution is -0.147. The van der Waals surface area contributed by atoms with Crippen molar-refractivity contribution in [3.8, 4) is 0 Å². The van der Waals surface area contributed by atoms with E-state index in [4.69, 9.17) is 22.7 Å². The molecule has 0 amide bonds. The number of ether oxygens (including phenoxy) is 1. The van der Waals surface area contributed by atoms with Crippen molar-refractivity contribution < 1.29 is 19.7 Å². The van der Waals surface area contributed by atoms with Crippen molar-refractivity contribution in [3.05, 3.63) is 35.4 Å². The normalized spacial score (nSPS) is 13.6. The predicted molar refractivity (Wildman–Crippen MR) is 74.5 cm³/mol. The molecule has 1 aromatic carbocycles. The molecule has 19 heavy (non-hydrogen) atoms. The maximum atomic E-state index is 11.2. The number of hydrogen-bond acceptors (Lipinski definition) is 5. The molecule has 0 heterocycles. The zero-order chi connectivity index (χ0) is 14.4. The number of esters is 1. The molecule has 5 nitrogen and oxygen atoms in total. The number of nitrogens with two attached hydrogens (primary N) is 1. The number of aliphatic hydroxyl groups excluding tert-OH is 2. The Morgan fingerprint density at radius 3 is 2.42 bits per heavy atom. The highest BCUT2D eigenvalue weighted by Gasteiger charge is 2.22. The van der Waals surface area contributed by atoms with Gasteiger partial charge in [-0.15, -0.1) is 0 Å². The van der Waals surface area contributed by atoms with E-state index >= 15 is 0 Å². The first-order valence-electron chi connectivity index (χ1n) is 5.87. The van der Waals surface area contributed by atoms with Crippen LogP contribution in [-0.2, 0) is 9.53 Å². The summed E-state index contributed by atoms with van der Waals surface area (Å²) in [7, 11) is 0. The first-order chi connectivity index (χ1) is 8.95. The quantitative estimate of drug-likeness (QED) is 0.525. The Morgan fingerprint density at radius 2 is 1.95 bits per heavy atom. The van der Waals surface area contributed by atoms with Gasteiger partial charge in [-0.25, -0.2) is 0 Å². The van der Waals surface area contributed by atoms with Crippen molar-refractivity contribution in [1.82, 2.24) is 0 Å². The van der Waals surface area contributed by atoms with Gasteiger partial charge in [0, 0.05) is 5.56 Å². The Hall–Kier alpha value is -1.50. The third-order valence-corrected chi connectivity index (χ3v) is 2.82. The summed E-state index contributed by atoms with van der Waals surface area (Å²) in [6.45, 7) is 1.92. The first-order valence-corrected chi connectivity index (χ1v) is 6.28.